The van der Waals surface area contributed by atoms with E-state index in [1.807, 2.05) is 0 Å². The quantitative estimate of drug-likeness (QED) is 0.864. The first kappa shape index (κ1) is 16.0. The van der Waals surface area contributed by atoms with Crippen molar-refractivity contribution >= 4 is 43.3 Å². The molecule has 0 aliphatic rings. The van der Waals surface area contributed by atoms with Crippen molar-refractivity contribution in [1.82, 2.24) is 0 Å². The van der Waals surface area contributed by atoms with Gasteiger partial charge in [0.1, 0.15) is 0 Å². The standard InChI is InChI=1S/C14H10BrClO4S/c15-11-4-2-1-3-10(11)8-21(19,20)13-7-9(14(17)18)5-6-12(13)16/h1-7H,8H2,(H,17,18). The van der Waals surface area contributed by atoms with Gasteiger partial charge in [-0.3, -0.25) is 0 Å². The van der Waals surface area contributed by atoms with Crippen molar-refractivity contribution < 1.29 is 18.3 Å². The minimum absolute atomic E-state index is 0.00653. The molecule has 0 saturated carbocycles. The highest BCUT2D eigenvalue weighted by atomic mass is 79.9. The predicted molar refractivity (Wildman–Crippen MR) is 83.4 cm³/mol. The maximum atomic E-state index is 12.5. The molecule has 0 amide bonds. The smallest absolute Gasteiger partial charge is 0.335 e. The van der Waals surface area contributed by atoms with Crippen LogP contribution in [0.5, 0.6) is 0 Å². The number of aromatic carboxylic acids is 1. The summed E-state index contributed by atoms with van der Waals surface area (Å²) in [5, 5.41) is 8.96. The zero-order valence-corrected chi connectivity index (χ0v) is 13.7. The van der Waals surface area contributed by atoms with Crippen molar-refractivity contribution in [3.8, 4) is 0 Å². The second-order valence-electron chi connectivity index (χ2n) is 4.30. The summed E-state index contributed by atoms with van der Waals surface area (Å²) in [6, 6.07) is 10.5. The molecule has 4 nitrogen and oxygen atoms in total. The summed E-state index contributed by atoms with van der Waals surface area (Å²) < 4.78 is 25.6. The molecule has 110 valence electrons. The van der Waals surface area contributed by atoms with Crippen molar-refractivity contribution in [3.05, 3.63) is 63.1 Å². The Bertz CT molecular complexity index is 802. The molecule has 1 N–H and O–H groups in total. The lowest BCUT2D eigenvalue weighted by atomic mass is 10.2. The van der Waals surface area contributed by atoms with Gasteiger partial charge in [-0.15, -0.1) is 0 Å². The average Bonchev–Trinajstić information content (AvgIpc) is 2.41. The van der Waals surface area contributed by atoms with E-state index in [1.165, 1.54) is 12.1 Å². The summed E-state index contributed by atoms with van der Waals surface area (Å²) in [7, 11) is -3.75. The molecular formula is C14H10BrClO4S. The number of carboxylic acid groups (broad SMARTS) is 1. The van der Waals surface area contributed by atoms with E-state index < -0.39 is 15.8 Å². The highest BCUT2D eigenvalue weighted by Gasteiger charge is 2.21. The number of sulfone groups is 1. The highest BCUT2D eigenvalue weighted by Crippen LogP contribution is 2.28. The highest BCUT2D eigenvalue weighted by molar-refractivity contribution is 9.10. The Kier molecular flexibility index (Phi) is 4.70. The number of hydrogen-bond acceptors (Lipinski definition) is 3. The van der Waals surface area contributed by atoms with E-state index in [2.05, 4.69) is 15.9 Å². The maximum Gasteiger partial charge on any atom is 0.335 e. The predicted octanol–water partition coefficient (Wildman–Crippen LogP) is 3.77. The van der Waals surface area contributed by atoms with Crippen LogP contribution in [-0.2, 0) is 15.6 Å². The lowest BCUT2D eigenvalue weighted by molar-refractivity contribution is 0.0696. The molecule has 0 unspecified atom stereocenters. The fourth-order valence-electron chi connectivity index (χ4n) is 1.77. The van der Waals surface area contributed by atoms with Crippen LogP contribution >= 0.6 is 27.5 Å². The minimum atomic E-state index is -3.75. The van der Waals surface area contributed by atoms with E-state index in [0.717, 1.165) is 6.07 Å². The second kappa shape index (κ2) is 6.17. The first-order chi connectivity index (χ1) is 9.81. The minimum Gasteiger partial charge on any atom is -0.478 e. The van der Waals surface area contributed by atoms with Crippen LogP contribution in [0.4, 0.5) is 0 Å². The summed E-state index contributed by atoms with van der Waals surface area (Å²) in [4.78, 5) is 10.8. The molecule has 2 aromatic rings. The lowest BCUT2D eigenvalue weighted by Crippen LogP contribution is -2.08. The van der Waals surface area contributed by atoms with Crippen LogP contribution in [-0.4, -0.2) is 19.5 Å². The Hall–Kier alpha value is -1.37. The number of carboxylic acids is 1. The third kappa shape index (κ3) is 3.64. The van der Waals surface area contributed by atoms with Gasteiger partial charge in [0.15, 0.2) is 9.84 Å². The van der Waals surface area contributed by atoms with Gasteiger partial charge >= 0.3 is 5.97 Å². The summed E-state index contributed by atoms with van der Waals surface area (Å²) in [5.74, 6) is -1.47. The number of hydrogen-bond donors (Lipinski definition) is 1. The molecule has 0 heterocycles. The van der Waals surface area contributed by atoms with Crippen molar-refractivity contribution in [2.24, 2.45) is 0 Å². The monoisotopic (exact) mass is 388 g/mol. The van der Waals surface area contributed by atoms with Gasteiger partial charge < -0.3 is 5.11 Å². The Morgan fingerprint density at radius 1 is 1.19 bits per heavy atom. The first-order valence-corrected chi connectivity index (χ1v) is 8.62. The zero-order chi connectivity index (χ0) is 15.6. The van der Waals surface area contributed by atoms with Crippen LogP contribution in [0.2, 0.25) is 5.02 Å². The van der Waals surface area contributed by atoms with Gasteiger partial charge in [0.25, 0.3) is 0 Å². The van der Waals surface area contributed by atoms with Gasteiger partial charge in [-0.25, -0.2) is 13.2 Å². The summed E-state index contributed by atoms with van der Waals surface area (Å²) in [6.07, 6.45) is 0. The SMILES string of the molecule is O=C(O)c1ccc(Cl)c(S(=O)(=O)Cc2ccccc2Br)c1. The number of halogens is 2. The van der Waals surface area contributed by atoms with E-state index in [4.69, 9.17) is 16.7 Å². The molecule has 0 fully saturated rings. The van der Waals surface area contributed by atoms with Crippen LogP contribution in [0.25, 0.3) is 0 Å². The Morgan fingerprint density at radius 2 is 1.86 bits per heavy atom. The second-order valence-corrected chi connectivity index (χ2v) is 7.52. The molecule has 0 aliphatic carbocycles. The molecule has 0 bridgehead atoms. The molecule has 21 heavy (non-hydrogen) atoms. The van der Waals surface area contributed by atoms with Crippen LogP contribution in [0.1, 0.15) is 15.9 Å². The molecule has 0 radical (unpaired) electrons. The zero-order valence-electron chi connectivity index (χ0n) is 10.6. The van der Waals surface area contributed by atoms with Crippen molar-refractivity contribution in [3.63, 3.8) is 0 Å². The van der Waals surface area contributed by atoms with Gasteiger partial charge in [0.2, 0.25) is 0 Å². The number of rotatable bonds is 4. The molecule has 2 aromatic carbocycles. The summed E-state index contributed by atoms with van der Waals surface area (Å²) >= 11 is 9.19. The largest absolute Gasteiger partial charge is 0.478 e. The third-order valence-electron chi connectivity index (χ3n) is 2.82. The summed E-state index contributed by atoms with van der Waals surface area (Å²) in [5.41, 5.74) is 0.458. The maximum absolute atomic E-state index is 12.5. The van der Waals surface area contributed by atoms with Gasteiger partial charge in [-0.05, 0) is 29.8 Å². The average molecular weight is 390 g/mol. The normalized spacial score (nSPS) is 11.3. The Morgan fingerprint density at radius 3 is 2.48 bits per heavy atom. The molecule has 0 aromatic heterocycles. The van der Waals surface area contributed by atoms with Crippen molar-refractivity contribution in [1.29, 1.82) is 0 Å². The van der Waals surface area contributed by atoms with Gasteiger partial charge in [0.05, 0.1) is 21.2 Å². The van der Waals surface area contributed by atoms with Gasteiger partial charge in [-0.1, -0.05) is 45.7 Å². The van der Waals surface area contributed by atoms with Crippen LogP contribution in [0.3, 0.4) is 0 Å². The van der Waals surface area contributed by atoms with Crippen molar-refractivity contribution in [2.75, 3.05) is 0 Å². The van der Waals surface area contributed by atoms with Crippen LogP contribution < -0.4 is 0 Å². The lowest BCUT2D eigenvalue weighted by Gasteiger charge is -2.09. The number of carbonyl (C=O) groups is 1. The summed E-state index contributed by atoms with van der Waals surface area (Å²) in [6.45, 7) is 0. The van der Waals surface area contributed by atoms with E-state index in [-0.39, 0.29) is 21.2 Å². The fourth-order valence-corrected chi connectivity index (χ4v) is 4.34. The first-order valence-electron chi connectivity index (χ1n) is 5.80. The van der Waals surface area contributed by atoms with Crippen molar-refractivity contribution in [2.45, 2.75) is 10.6 Å². The van der Waals surface area contributed by atoms with E-state index in [1.54, 1.807) is 24.3 Å². The molecule has 7 heteroatoms. The van der Waals surface area contributed by atoms with Crippen LogP contribution in [0, 0.1) is 0 Å². The molecule has 0 atom stereocenters. The molecular weight excluding hydrogens is 380 g/mol. The molecule has 2 rings (SSSR count). The van der Waals surface area contributed by atoms with Crippen LogP contribution in [0.15, 0.2) is 51.8 Å². The van der Waals surface area contributed by atoms with E-state index >= 15 is 0 Å². The van der Waals surface area contributed by atoms with E-state index in [9.17, 15) is 13.2 Å². The Balaban J connectivity index is 2.47. The van der Waals surface area contributed by atoms with Gasteiger partial charge in [0, 0.05) is 4.47 Å². The molecule has 0 aliphatic heterocycles. The van der Waals surface area contributed by atoms with E-state index in [0.29, 0.717) is 10.0 Å². The van der Waals surface area contributed by atoms with Gasteiger partial charge in [-0.2, -0.15) is 0 Å². The fraction of sp³-hybridized carbons (Fsp3) is 0.0714. The third-order valence-corrected chi connectivity index (χ3v) is 5.73. The Labute approximate surface area is 135 Å². The topological polar surface area (TPSA) is 71.4 Å². The molecule has 0 spiro atoms. The number of benzene rings is 2. The molecule has 0 saturated heterocycles.